The quantitative estimate of drug-likeness (QED) is 0.474. The van der Waals surface area contributed by atoms with Crippen LogP contribution in [0.4, 0.5) is 5.82 Å². The number of ether oxygens (including phenoxy) is 1. The second-order valence-electron chi connectivity index (χ2n) is 8.89. The fourth-order valence-corrected chi connectivity index (χ4v) is 5.59. The van der Waals surface area contributed by atoms with E-state index in [1.807, 2.05) is 38.1 Å². The van der Waals surface area contributed by atoms with Gasteiger partial charge in [0.05, 0.1) is 24.1 Å². The molecule has 0 amide bonds. The van der Waals surface area contributed by atoms with E-state index in [1.54, 1.807) is 30.3 Å². The molecule has 1 atom stereocenters. The highest BCUT2D eigenvalue weighted by Crippen LogP contribution is 2.24. The smallest absolute Gasteiger partial charge is 0.328 e. The standard InChI is InChI=1S/C25H31N5O4S/c1-18(2)23(25(31)34-3)28-24-20-11-7-8-12-21(20)26-22(27-24)17-29-13-15-30(16-14-29)35(32,33)19-9-5-4-6-10-19/h4-12,18,23H,13-17H2,1-3H3,(H,26,27,28)/t23-/m0/s1. The topological polar surface area (TPSA) is 105 Å². The zero-order valence-electron chi connectivity index (χ0n) is 20.2. The van der Waals surface area contributed by atoms with Crippen LogP contribution < -0.4 is 5.32 Å². The average Bonchev–Trinajstić information content (AvgIpc) is 2.87. The van der Waals surface area contributed by atoms with Gasteiger partial charge in [0.1, 0.15) is 17.7 Å². The van der Waals surface area contributed by atoms with Crippen LogP contribution in [0.25, 0.3) is 10.9 Å². The summed E-state index contributed by atoms with van der Waals surface area (Å²) in [4.78, 5) is 24.2. The van der Waals surface area contributed by atoms with Crippen LogP contribution >= 0.6 is 0 Å². The van der Waals surface area contributed by atoms with Crippen LogP contribution in [-0.2, 0) is 26.1 Å². The van der Waals surface area contributed by atoms with Gasteiger partial charge >= 0.3 is 5.97 Å². The number of hydrogen-bond donors (Lipinski definition) is 1. The molecular weight excluding hydrogens is 466 g/mol. The van der Waals surface area contributed by atoms with Crippen molar-refractivity contribution in [2.24, 2.45) is 5.92 Å². The van der Waals surface area contributed by atoms with E-state index < -0.39 is 16.1 Å². The number of fused-ring (bicyclic) bond motifs is 1. The maximum absolute atomic E-state index is 12.9. The number of carbonyl (C=O) groups is 1. The Labute approximate surface area is 206 Å². The van der Waals surface area contributed by atoms with Gasteiger partial charge in [-0.1, -0.05) is 44.2 Å². The second kappa shape index (κ2) is 10.7. The summed E-state index contributed by atoms with van der Waals surface area (Å²) in [6, 6.07) is 15.6. The van der Waals surface area contributed by atoms with Gasteiger partial charge in [0, 0.05) is 31.6 Å². The number of para-hydroxylation sites is 1. The van der Waals surface area contributed by atoms with E-state index in [0.29, 0.717) is 49.3 Å². The highest BCUT2D eigenvalue weighted by Gasteiger charge is 2.29. The minimum atomic E-state index is -3.50. The number of hydrogen-bond acceptors (Lipinski definition) is 8. The van der Waals surface area contributed by atoms with Gasteiger partial charge in [-0.05, 0) is 30.2 Å². The molecule has 0 aliphatic carbocycles. The molecule has 0 saturated carbocycles. The first kappa shape index (κ1) is 25.0. The first-order valence-electron chi connectivity index (χ1n) is 11.7. The van der Waals surface area contributed by atoms with Crippen LogP contribution in [0.5, 0.6) is 0 Å². The van der Waals surface area contributed by atoms with Gasteiger partial charge < -0.3 is 10.1 Å². The molecule has 0 radical (unpaired) electrons. The normalized spacial score (nSPS) is 16.3. The first-order valence-corrected chi connectivity index (χ1v) is 13.1. The van der Waals surface area contributed by atoms with Crippen molar-refractivity contribution in [3.05, 3.63) is 60.4 Å². The summed E-state index contributed by atoms with van der Waals surface area (Å²) in [5.74, 6) is 0.845. The Kier molecular flexibility index (Phi) is 7.63. The van der Waals surface area contributed by atoms with Crippen LogP contribution in [0, 0.1) is 5.92 Å². The highest BCUT2D eigenvalue weighted by molar-refractivity contribution is 7.89. The minimum absolute atomic E-state index is 0.000677. The van der Waals surface area contributed by atoms with Gasteiger partial charge in [-0.3, -0.25) is 4.90 Å². The van der Waals surface area contributed by atoms with Crippen molar-refractivity contribution < 1.29 is 17.9 Å². The number of anilines is 1. The van der Waals surface area contributed by atoms with E-state index in [0.717, 1.165) is 10.9 Å². The van der Waals surface area contributed by atoms with Gasteiger partial charge in [0.2, 0.25) is 10.0 Å². The van der Waals surface area contributed by atoms with Crippen molar-refractivity contribution in [2.45, 2.75) is 31.3 Å². The maximum atomic E-state index is 12.9. The monoisotopic (exact) mass is 497 g/mol. The lowest BCUT2D eigenvalue weighted by molar-refractivity contribution is -0.142. The average molecular weight is 498 g/mol. The van der Waals surface area contributed by atoms with Crippen molar-refractivity contribution in [2.75, 3.05) is 38.6 Å². The van der Waals surface area contributed by atoms with E-state index in [2.05, 4.69) is 10.2 Å². The number of benzene rings is 2. The minimum Gasteiger partial charge on any atom is -0.467 e. The Morgan fingerprint density at radius 1 is 1.00 bits per heavy atom. The predicted molar refractivity (Wildman–Crippen MR) is 134 cm³/mol. The molecular formula is C25H31N5O4S. The molecule has 1 aliphatic heterocycles. The number of nitrogens with one attached hydrogen (secondary N) is 1. The van der Waals surface area contributed by atoms with Crippen molar-refractivity contribution in [3.63, 3.8) is 0 Å². The number of piperazine rings is 1. The lowest BCUT2D eigenvalue weighted by Gasteiger charge is -2.33. The largest absolute Gasteiger partial charge is 0.467 e. The molecule has 0 unspecified atom stereocenters. The predicted octanol–water partition coefficient (Wildman–Crippen LogP) is 2.75. The molecule has 0 bridgehead atoms. The van der Waals surface area contributed by atoms with E-state index >= 15 is 0 Å². The lowest BCUT2D eigenvalue weighted by atomic mass is 10.0. The molecule has 3 aromatic rings. The van der Waals surface area contributed by atoms with E-state index in [-0.39, 0.29) is 11.9 Å². The molecule has 186 valence electrons. The fraction of sp³-hybridized carbons (Fsp3) is 0.400. The second-order valence-corrected chi connectivity index (χ2v) is 10.8. The zero-order valence-corrected chi connectivity index (χ0v) is 21.0. The third kappa shape index (κ3) is 5.61. The van der Waals surface area contributed by atoms with E-state index in [9.17, 15) is 13.2 Å². The molecule has 35 heavy (non-hydrogen) atoms. The van der Waals surface area contributed by atoms with Crippen LogP contribution in [0.15, 0.2) is 59.5 Å². The molecule has 1 saturated heterocycles. The summed E-state index contributed by atoms with van der Waals surface area (Å²) >= 11 is 0. The van der Waals surface area contributed by atoms with Gasteiger partial charge in [-0.2, -0.15) is 4.31 Å². The molecule has 0 spiro atoms. The Hall–Kier alpha value is -3.08. The number of rotatable bonds is 8. The van der Waals surface area contributed by atoms with Gasteiger partial charge in [0.25, 0.3) is 0 Å². The van der Waals surface area contributed by atoms with Crippen molar-refractivity contribution in [1.29, 1.82) is 0 Å². The summed E-state index contributed by atoms with van der Waals surface area (Å²) in [5, 5.41) is 4.09. The first-order chi connectivity index (χ1) is 16.8. The zero-order chi connectivity index (χ0) is 25.0. The molecule has 2 heterocycles. The third-order valence-corrected chi connectivity index (χ3v) is 8.05. The summed E-state index contributed by atoms with van der Waals surface area (Å²) in [5.41, 5.74) is 0.776. The summed E-state index contributed by atoms with van der Waals surface area (Å²) in [6.07, 6.45) is 0. The molecule has 10 heteroatoms. The SMILES string of the molecule is COC(=O)[C@@H](Nc1nc(CN2CCN(S(=O)(=O)c3ccccc3)CC2)nc2ccccc12)C(C)C. The van der Waals surface area contributed by atoms with E-state index in [4.69, 9.17) is 14.7 Å². The third-order valence-electron chi connectivity index (χ3n) is 6.14. The molecule has 2 aromatic carbocycles. The molecule has 1 aliphatic rings. The Balaban J connectivity index is 1.51. The Morgan fingerprint density at radius 3 is 2.31 bits per heavy atom. The van der Waals surface area contributed by atoms with Crippen LogP contribution in [0.3, 0.4) is 0 Å². The maximum Gasteiger partial charge on any atom is 0.328 e. The van der Waals surface area contributed by atoms with Crippen molar-refractivity contribution >= 4 is 32.7 Å². The molecule has 4 rings (SSSR count). The van der Waals surface area contributed by atoms with E-state index in [1.165, 1.54) is 11.4 Å². The highest BCUT2D eigenvalue weighted by atomic mass is 32.2. The van der Waals surface area contributed by atoms with Gasteiger partial charge in [-0.15, -0.1) is 0 Å². The van der Waals surface area contributed by atoms with Crippen molar-refractivity contribution in [1.82, 2.24) is 19.2 Å². The van der Waals surface area contributed by atoms with Crippen LogP contribution in [0.1, 0.15) is 19.7 Å². The molecule has 1 N–H and O–H groups in total. The number of esters is 1. The Bertz CT molecular complexity index is 1280. The van der Waals surface area contributed by atoms with Crippen LogP contribution in [-0.4, -0.2) is 72.9 Å². The number of methoxy groups -OCH3 is 1. The molecule has 9 nitrogen and oxygen atoms in total. The number of nitrogens with zero attached hydrogens (tertiary/aromatic N) is 4. The molecule has 1 fully saturated rings. The number of sulfonamides is 1. The van der Waals surface area contributed by atoms with Crippen LogP contribution in [0.2, 0.25) is 0 Å². The van der Waals surface area contributed by atoms with Gasteiger partial charge in [0.15, 0.2) is 0 Å². The summed E-state index contributed by atoms with van der Waals surface area (Å²) in [7, 11) is -2.13. The lowest BCUT2D eigenvalue weighted by Crippen LogP contribution is -2.48. The summed E-state index contributed by atoms with van der Waals surface area (Å²) in [6.45, 7) is 6.30. The number of carbonyl (C=O) groups excluding carboxylic acids is 1. The number of aromatic nitrogens is 2. The summed E-state index contributed by atoms with van der Waals surface area (Å²) < 4.78 is 32.3. The molecule has 1 aromatic heterocycles. The Morgan fingerprint density at radius 2 is 1.66 bits per heavy atom. The van der Waals surface area contributed by atoms with Crippen molar-refractivity contribution in [3.8, 4) is 0 Å². The van der Waals surface area contributed by atoms with Gasteiger partial charge in [-0.25, -0.2) is 23.2 Å². The fourth-order valence-electron chi connectivity index (χ4n) is 4.15.